The van der Waals surface area contributed by atoms with Gasteiger partial charge in [0.2, 0.25) is 0 Å². The van der Waals surface area contributed by atoms with Crippen molar-refractivity contribution < 1.29 is 23.5 Å². The summed E-state index contributed by atoms with van der Waals surface area (Å²) in [5.74, 6) is 0.178. The summed E-state index contributed by atoms with van der Waals surface area (Å²) in [6, 6.07) is 4.44. The third-order valence-electron chi connectivity index (χ3n) is 3.16. The molecule has 0 aliphatic heterocycles. The monoisotopic (exact) mass is 304 g/mol. The minimum Gasteiger partial charge on any atom is -0.619 e. The van der Waals surface area contributed by atoms with Gasteiger partial charge in [0, 0.05) is 19.2 Å². The number of carbonyl (C=O) groups excluding carboxylic acids is 2. The molecule has 0 radical (unpaired) electrons. The quantitative estimate of drug-likeness (QED) is 0.482. The molecule has 2 aromatic heterocycles. The van der Waals surface area contributed by atoms with Gasteiger partial charge in [0.05, 0.1) is 19.2 Å². The van der Waals surface area contributed by atoms with Crippen molar-refractivity contribution in [2.24, 2.45) is 0 Å². The van der Waals surface area contributed by atoms with E-state index in [0.717, 1.165) is 0 Å². The molecule has 0 aliphatic rings. The van der Waals surface area contributed by atoms with Crippen LogP contribution >= 0.6 is 0 Å². The van der Waals surface area contributed by atoms with Crippen LogP contribution in [0.15, 0.2) is 35.0 Å². The second-order valence-corrected chi connectivity index (χ2v) is 4.78. The van der Waals surface area contributed by atoms with E-state index in [0.29, 0.717) is 27.4 Å². The summed E-state index contributed by atoms with van der Waals surface area (Å²) in [4.78, 5) is 25.2. The molecule has 0 bridgehead atoms. The van der Waals surface area contributed by atoms with Gasteiger partial charge in [-0.2, -0.15) is 4.73 Å². The van der Waals surface area contributed by atoms with Crippen molar-refractivity contribution in [3.05, 3.63) is 58.4 Å². The summed E-state index contributed by atoms with van der Waals surface area (Å²) in [5.41, 5.74) is 0.733. The zero-order valence-electron chi connectivity index (χ0n) is 12.5. The van der Waals surface area contributed by atoms with E-state index in [2.05, 4.69) is 4.74 Å². The van der Waals surface area contributed by atoms with Gasteiger partial charge in [-0.25, -0.2) is 4.79 Å². The number of ether oxygens (including phenoxy) is 1. The molecule has 22 heavy (non-hydrogen) atoms. The molecule has 0 spiro atoms. The van der Waals surface area contributed by atoms with Crippen LogP contribution < -0.4 is 4.73 Å². The minimum atomic E-state index is -0.482. The van der Waals surface area contributed by atoms with E-state index < -0.39 is 5.97 Å². The van der Waals surface area contributed by atoms with E-state index in [1.54, 1.807) is 20.0 Å². The lowest BCUT2D eigenvalue weighted by molar-refractivity contribution is -0.605. The largest absolute Gasteiger partial charge is 0.619 e. The maximum absolute atomic E-state index is 12.2. The van der Waals surface area contributed by atoms with Crippen molar-refractivity contribution in [2.75, 3.05) is 14.2 Å². The third-order valence-corrected chi connectivity index (χ3v) is 3.16. The number of methoxy groups -OCH3 is 1. The molecule has 0 saturated carbocycles. The van der Waals surface area contributed by atoms with Crippen molar-refractivity contribution in [3.63, 3.8) is 0 Å². The highest BCUT2D eigenvalue weighted by molar-refractivity contribution is 5.94. The Bertz CT molecular complexity index is 690. The van der Waals surface area contributed by atoms with Crippen LogP contribution in [0.5, 0.6) is 0 Å². The number of nitrogens with zero attached hydrogens (tertiary/aromatic N) is 2. The Morgan fingerprint density at radius 1 is 1.36 bits per heavy atom. The molecule has 7 heteroatoms. The molecule has 0 unspecified atom stereocenters. The van der Waals surface area contributed by atoms with Gasteiger partial charge < -0.3 is 19.3 Å². The molecule has 0 aliphatic carbocycles. The van der Waals surface area contributed by atoms with Crippen LogP contribution in [0.2, 0.25) is 0 Å². The zero-order chi connectivity index (χ0) is 16.3. The molecular weight excluding hydrogens is 288 g/mol. The molecule has 0 aromatic carbocycles. The predicted octanol–water partition coefficient (Wildman–Crippen LogP) is 1.28. The first-order chi connectivity index (χ1) is 10.4. The molecule has 1 amide bonds. The molecule has 0 saturated heterocycles. The Kier molecular flexibility index (Phi) is 4.45. The molecular formula is C15H16N2O5. The number of aryl methyl sites for hydroxylation is 1. The number of pyridine rings is 1. The number of furan rings is 1. The fourth-order valence-corrected chi connectivity index (χ4v) is 2.02. The molecule has 0 N–H and O–H groups in total. The summed E-state index contributed by atoms with van der Waals surface area (Å²) in [5, 5.41) is 11.0. The Hall–Kier alpha value is -2.83. The Morgan fingerprint density at radius 2 is 2.00 bits per heavy atom. The van der Waals surface area contributed by atoms with Crippen LogP contribution in [0.1, 0.15) is 32.2 Å². The Morgan fingerprint density at radius 3 is 2.59 bits per heavy atom. The summed E-state index contributed by atoms with van der Waals surface area (Å²) in [6.07, 6.45) is 2.51. The van der Waals surface area contributed by atoms with Crippen LogP contribution in [-0.4, -0.2) is 30.9 Å². The molecule has 2 aromatic rings. The van der Waals surface area contributed by atoms with E-state index in [4.69, 9.17) is 4.42 Å². The van der Waals surface area contributed by atoms with Gasteiger partial charge in [-0.1, -0.05) is 0 Å². The summed E-state index contributed by atoms with van der Waals surface area (Å²) in [7, 11) is 2.90. The maximum atomic E-state index is 12.2. The fourth-order valence-electron chi connectivity index (χ4n) is 2.02. The minimum absolute atomic E-state index is 0.197. The van der Waals surface area contributed by atoms with Gasteiger partial charge in [-0.05, 0) is 13.0 Å². The molecule has 2 heterocycles. The zero-order valence-corrected chi connectivity index (χ0v) is 12.5. The first-order valence-corrected chi connectivity index (χ1v) is 6.54. The van der Waals surface area contributed by atoms with Gasteiger partial charge in [-0.3, -0.25) is 4.79 Å². The lowest BCUT2D eigenvalue weighted by atomic mass is 10.2. The SMILES string of the molecule is COC(=O)c1cc(CN(C)C(=O)c2cc[n+]([O-])cc2)oc1C. The van der Waals surface area contributed by atoms with Gasteiger partial charge in [-0.15, -0.1) is 0 Å². The molecule has 0 atom stereocenters. The predicted molar refractivity (Wildman–Crippen MR) is 76.0 cm³/mol. The summed E-state index contributed by atoms with van der Waals surface area (Å²) in [6.45, 7) is 1.85. The average Bonchev–Trinajstić information content (AvgIpc) is 2.87. The summed E-state index contributed by atoms with van der Waals surface area (Å²) >= 11 is 0. The van der Waals surface area contributed by atoms with E-state index in [9.17, 15) is 14.8 Å². The number of hydrogen-bond donors (Lipinski definition) is 0. The van der Waals surface area contributed by atoms with Gasteiger partial charge in [0.1, 0.15) is 17.1 Å². The standard InChI is InChI=1S/C15H16N2O5/c1-10-13(15(19)21-3)8-12(22-10)9-16(2)14(18)11-4-6-17(20)7-5-11/h4-8H,9H2,1-3H3. The smallest absolute Gasteiger partial charge is 0.341 e. The highest BCUT2D eigenvalue weighted by Crippen LogP contribution is 2.17. The van der Waals surface area contributed by atoms with Crippen LogP contribution in [0, 0.1) is 12.1 Å². The average molecular weight is 304 g/mol. The second-order valence-electron chi connectivity index (χ2n) is 4.78. The van der Waals surface area contributed by atoms with Gasteiger partial charge >= 0.3 is 5.97 Å². The number of hydrogen-bond acceptors (Lipinski definition) is 5. The normalized spacial score (nSPS) is 10.3. The van der Waals surface area contributed by atoms with Crippen molar-refractivity contribution in [1.82, 2.24) is 4.90 Å². The Balaban J connectivity index is 2.11. The van der Waals surface area contributed by atoms with Crippen molar-refractivity contribution in [3.8, 4) is 0 Å². The Labute approximate surface area is 127 Å². The highest BCUT2D eigenvalue weighted by atomic mass is 16.5. The van der Waals surface area contributed by atoms with Crippen LogP contribution in [0.4, 0.5) is 0 Å². The van der Waals surface area contributed by atoms with Gasteiger partial charge in [0.15, 0.2) is 12.4 Å². The fraction of sp³-hybridized carbons (Fsp3) is 0.267. The van der Waals surface area contributed by atoms with E-state index in [-0.39, 0.29) is 12.5 Å². The topological polar surface area (TPSA) is 86.7 Å². The van der Waals surface area contributed by atoms with Crippen molar-refractivity contribution in [2.45, 2.75) is 13.5 Å². The number of rotatable bonds is 4. The molecule has 0 fully saturated rings. The van der Waals surface area contributed by atoms with Crippen molar-refractivity contribution >= 4 is 11.9 Å². The second kappa shape index (κ2) is 6.30. The van der Waals surface area contributed by atoms with E-state index in [1.807, 2.05) is 0 Å². The van der Waals surface area contributed by atoms with Gasteiger partial charge in [0.25, 0.3) is 5.91 Å². The maximum Gasteiger partial charge on any atom is 0.341 e. The summed E-state index contributed by atoms with van der Waals surface area (Å²) < 4.78 is 10.7. The third kappa shape index (κ3) is 3.25. The van der Waals surface area contributed by atoms with Crippen LogP contribution in [-0.2, 0) is 11.3 Å². The molecule has 7 nitrogen and oxygen atoms in total. The highest BCUT2D eigenvalue weighted by Gasteiger charge is 2.19. The van der Waals surface area contributed by atoms with E-state index >= 15 is 0 Å². The van der Waals surface area contributed by atoms with Crippen LogP contribution in [0.3, 0.4) is 0 Å². The number of esters is 1. The lowest BCUT2D eigenvalue weighted by Crippen LogP contribution is -2.29. The lowest BCUT2D eigenvalue weighted by Gasteiger charge is -2.15. The number of amides is 1. The van der Waals surface area contributed by atoms with Crippen molar-refractivity contribution in [1.29, 1.82) is 0 Å². The first-order valence-electron chi connectivity index (χ1n) is 6.54. The van der Waals surface area contributed by atoms with E-state index in [1.165, 1.54) is 36.5 Å². The van der Waals surface area contributed by atoms with Crippen LogP contribution in [0.25, 0.3) is 0 Å². The number of carbonyl (C=O) groups is 2. The molecule has 116 valence electrons. The number of aromatic nitrogens is 1. The molecule has 2 rings (SSSR count). The first kappa shape index (κ1) is 15.6.